The molecule has 3 aromatic carbocycles. The lowest BCUT2D eigenvalue weighted by atomic mass is 10.0. The van der Waals surface area contributed by atoms with Crippen LogP contribution in [0.5, 0.6) is 0 Å². The van der Waals surface area contributed by atoms with Crippen LogP contribution in [0.3, 0.4) is 0 Å². The number of halogens is 1. The lowest BCUT2D eigenvalue weighted by Crippen LogP contribution is -2.50. The first-order chi connectivity index (χ1) is 17.0. The van der Waals surface area contributed by atoms with Crippen LogP contribution in [0.4, 0.5) is 10.1 Å². The molecule has 35 heavy (non-hydrogen) atoms. The molecule has 1 aliphatic rings. The normalized spacial score (nSPS) is 13.3. The average Bonchev–Trinajstić information content (AvgIpc) is 2.91. The second-order valence-electron chi connectivity index (χ2n) is 8.11. The Bertz CT molecular complexity index is 1180. The Morgan fingerprint density at radius 1 is 0.800 bits per heavy atom. The van der Waals surface area contributed by atoms with E-state index in [-0.39, 0.29) is 18.3 Å². The molecule has 0 bridgehead atoms. The average molecular weight is 476 g/mol. The molecule has 0 unspecified atom stereocenters. The van der Waals surface area contributed by atoms with E-state index in [9.17, 15) is 18.8 Å². The van der Waals surface area contributed by atoms with E-state index in [1.54, 1.807) is 35.2 Å². The van der Waals surface area contributed by atoms with Crippen LogP contribution in [0, 0.1) is 5.82 Å². The van der Waals surface area contributed by atoms with Crippen molar-refractivity contribution in [2.75, 3.05) is 44.2 Å². The van der Waals surface area contributed by atoms with Gasteiger partial charge in [-0.1, -0.05) is 54.6 Å². The van der Waals surface area contributed by atoms with Gasteiger partial charge >= 0.3 is 5.97 Å². The van der Waals surface area contributed by atoms with Gasteiger partial charge in [0.25, 0.3) is 11.8 Å². The van der Waals surface area contributed by atoms with Gasteiger partial charge in [0.2, 0.25) is 0 Å². The molecule has 0 atom stereocenters. The minimum absolute atomic E-state index is 0.296. The van der Waals surface area contributed by atoms with Crippen molar-refractivity contribution < 1.29 is 23.5 Å². The van der Waals surface area contributed by atoms with Crippen molar-refractivity contribution in [3.63, 3.8) is 0 Å². The zero-order chi connectivity index (χ0) is 24.6. The zero-order valence-electron chi connectivity index (χ0n) is 19.2. The molecule has 1 heterocycles. The topological polar surface area (TPSA) is 78.9 Å². The van der Waals surface area contributed by atoms with Crippen molar-refractivity contribution in [3.8, 4) is 11.1 Å². The number of piperazine rings is 1. The number of carbonyl (C=O) groups is 3. The number of para-hydroxylation sites is 1. The Labute approximate surface area is 203 Å². The first-order valence-electron chi connectivity index (χ1n) is 11.4. The van der Waals surface area contributed by atoms with Gasteiger partial charge in [-0.15, -0.1) is 0 Å². The monoisotopic (exact) mass is 475 g/mol. The third-order valence-electron chi connectivity index (χ3n) is 5.83. The summed E-state index contributed by atoms with van der Waals surface area (Å²) in [6.45, 7) is 1.04. The number of hydrogen-bond donors (Lipinski definition) is 1. The molecule has 0 aromatic heterocycles. The number of amides is 2. The largest absolute Gasteiger partial charge is 0.454 e. The number of anilines is 1. The third kappa shape index (κ3) is 6.23. The van der Waals surface area contributed by atoms with E-state index >= 15 is 0 Å². The molecular formula is C27H26FN3O4. The fourth-order valence-electron chi connectivity index (χ4n) is 3.89. The zero-order valence-corrected chi connectivity index (χ0v) is 19.2. The molecule has 0 saturated carbocycles. The number of benzene rings is 3. The van der Waals surface area contributed by atoms with Crippen LogP contribution in [0.15, 0.2) is 78.9 Å². The molecule has 4 rings (SSSR count). The molecule has 3 aromatic rings. The van der Waals surface area contributed by atoms with E-state index in [1.165, 1.54) is 6.07 Å². The Hall–Kier alpha value is -4.20. The molecule has 8 heteroatoms. The Balaban J connectivity index is 1.18. The molecule has 180 valence electrons. The molecule has 0 radical (unpaired) electrons. The predicted octanol–water partition coefficient (Wildman–Crippen LogP) is 3.11. The summed E-state index contributed by atoms with van der Waals surface area (Å²) < 4.78 is 19.0. The van der Waals surface area contributed by atoms with Gasteiger partial charge in [-0.05, 0) is 35.4 Å². The molecule has 1 aliphatic heterocycles. The molecule has 0 aliphatic carbocycles. The summed E-state index contributed by atoms with van der Waals surface area (Å²) in [4.78, 5) is 40.2. The second-order valence-corrected chi connectivity index (χ2v) is 8.11. The van der Waals surface area contributed by atoms with Crippen molar-refractivity contribution in [1.82, 2.24) is 10.2 Å². The molecule has 0 spiro atoms. The second kappa shape index (κ2) is 11.3. The van der Waals surface area contributed by atoms with Crippen LogP contribution in [-0.2, 0) is 14.3 Å². The Morgan fingerprint density at radius 3 is 2.11 bits per heavy atom. The summed E-state index contributed by atoms with van der Waals surface area (Å²) in [5.74, 6) is -1.72. The minimum atomic E-state index is -0.697. The van der Waals surface area contributed by atoms with Crippen molar-refractivity contribution in [1.29, 1.82) is 0 Å². The van der Waals surface area contributed by atoms with E-state index in [1.807, 2.05) is 47.4 Å². The summed E-state index contributed by atoms with van der Waals surface area (Å²) in [7, 11) is 0. The summed E-state index contributed by atoms with van der Waals surface area (Å²) in [6, 6.07) is 23.4. The fourth-order valence-corrected chi connectivity index (χ4v) is 3.89. The molecule has 1 saturated heterocycles. The number of ether oxygens (including phenoxy) is 1. The van der Waals surface area contributed by atoms with E-state index in [0.717, 1.165) is 11.1 Å². The smallest absolute Gasteiger partial charge is 0.325 e. The highest BCUT2D eigenvalue weighted by Gasteiger charge is 2.23. The van der Waals surface area contributed by atoms with Gasteiger partial charge in [0.1, 0.15) is 12.4 Å². The number of hydrogen-bond acceptors (Lipinski definition) is 5. The van der Waals surface area contributed by atoms with Gasteiger partial charge in [0.15, 0.2) is 6.61 Å². The molecule has 1 fully saturated rings. The molecular weight excluding hydrogens is 449 g/mol. The summed E-state index contributed by atoms with van der Waals surface area (Å²) >= 11 is 0. The molecule has 7 nitrogen and oxygen atoms in total. The lowest BCUT2D eigenvalue weighted by Gasteiger charge is -2.36. The highest BCUT2D eigenvalue weighted by atomic mass is 19.1. The van der Waals surface area contributed by atoms with Gasteiger partial charge in [-0.25, -0.2) is 4.39 Å². The van der Waals surface area contributed by atoms with Crippen LogP contribution >= 0.6 is 0 Å². The Morgan fingerprint density at radius 2 is 1.43 bits per heavy atom. The van der Waals surface area contributed by atoms with Crippen molar-refractivity contribution >= 4 is 23.5 Å². The number of nitrogens with zero attached hydrogens (tertiary/aromatic N) is 2. The summed E-state index contributed by atoms with van der Waals surface area (Å²) in [5.41, 5.74) is 2.95. The van der Waals surface area contributed by atoms with Gasteiger partial charge < -0.3 is 19.9 Å². The van der Waals surface area contributed by atoms with Crippen molar-refractivity contribution in [2.24, 2.45) is 0 Å². The van der Waals surface area contributed by atoms with Gasteiger partial charge in [0, 0.05) is 31.7 Å². The minimum Gasteiger partial charge on any atom is -0.454 e. The van der Waals surface area contributed by atoms with Crippen LogP contribution < -0.4 is 10.2 Å². The quantitative estimate of drug-likeness (QED) is 0.532. The van der Waals surface area contributed by atoms with Crippen LogP contribution in [0.1, 0.15) is 10.4 Å². The van der Waals surface area contributed by atoms with Crippen molar-refractivity contribution in [2.45, 2.75) is 0 Å². The van der Waals surface area contributed by atoms with Gasteiger partial charge in [0.05, 0.1) is 5.69 Å². The number of carbonyl (C=O) groups excluding carboxylic acids is 3. The van der Waals surface area contributed by atoms with Gasteiger partial charge in [-0.2, -0.15) is 0 Å². The van der Waals surface area contributed by atoms with E-state index in [0.29, 0.717) is 37.4 Å². The molecule has 1 N–H and O–H groups in total. The predicted molar refractivity (Wildman–Crippen MR) is 130 cm³/mol. The maximum atomic E-state index is 14.0. The maximum absolute atomic E-state index is 14.0. The van der Waals surface area contributed by atoms with Crippen molar-refractivity contribution in [3.05, 3.63) is 90.2 Å². The summed E-state index contributed by atoms with van der Waals surface area (Å²) in [6.07, 6.45) is 0. The highest BCUT2D eigenvalue weighted by Crippen LogP contribution is 2.20. The third-order valence-corrected chi connectivity index (χ3v) is 5.83. The Kier molecular flexibility index (Phi) is 7.72. The number of esters is 1. The van der Waals surface area contributed by atoms with E-state index in [2.05, 4.69) is 5.32 Å². The summed E-state index contributed by atoms with van der Waals surface area (Å²) in [5, 5.41) is 2.51. The standard InChI is InChI=1S/C27H26FN3O4/c28-23-8-4-5-9-24(23)30-14-16-31(17-15-30)25(32)19-35-26(33)18-29-27(34)22-12-10-21(11-13-22)20-6-2-1-3-7-20/h1-13H,14-19H2,(H,29,34). The maximum Gasteiger partial charge on any atom is 0.325 e. The van der Waals surface area contributed by atoms with Gasteiger partial charge in [-0.3, -0.25) is 14.4 Å². The first kappa shape index (κ1) is 23.9. The lowest BCUT2D eigenvalue weighted by molar-refractivity contribution is -0.151. The molecule has 2 amide bonds. The highest BCUT2D eigenvalue weighted by molar-refractivity contribution is 5.96. The van der Waals surface area contributed by atoms with Crippen LogP contribution in [0.2, 0.25) is 0 Å². The number of nitrogens with one attached hydrogen (secondary N) is 1. The SMILES string of the molecule is O=C(CNC(=O)c1ccc(-c2ccccc2)cc1)OCC(=O)N1CCN(c2ccccc2F)CC1. The number of rotatable bonds is 7. The van der Waals surface area contributed by atoms with Crippen LogP contribution in [-0.4, -0.2) is 62.0 Å². The van der Waals surface area contributed by atoms with E-state index in [4.69, 9.17) is 4.74 Å². The fraction of sp³-hybridized carbons (Fsp3) is 0.222. The van der Waals surface area contributed by atoms with E-state index < -0.39 is 18.5 Å². The van der Waals surface area contributed by atoms with Crippen LogP contribution in [0.25, 0.3) is 11.1 Å². The first-order valence-corrected chi connectivity index (χ1v) is 11.4.